The van der Waals surface area contributed by atoms with Gasteiger partial charge in [-0.2, -0.15) is 0 Å². The second-order valence-corrected chi connectivity index (χ2v) is 10.1. The summed E-state index contributed by atoms with van der Waals surface area (Å²) in [6.45, 7) is 9.03. The number of rotatable bonds is 10. The molecule has 2 aliphatic heterocycles. The molecule has 36 heavy (non-hydrogen) atoms. The number of piperidine rings is 1. The van der Waals surface area contributed by atoms with Crippen LogP contribution < -0.4 is 15.1 Å². The summed E-state index contributed by atoms with van der Waals surface area (Å²) in [5.41, 5.74) is 3.85. The van der Waals surface area contributed by atoms with Gasteiger partial charge in [-0.05, 0) is 74.9 Å². The maximum absolute atomic E-state index is 12.9. The normalized spacial score (nSPS) is 17.0. The average molecular weight is 489 g/mol. The Bertz CT molecular complexity index is 1030. The van der Waals surface area contributed by atoms with Gasteiger partial charge in [-0.25, -0.2) is 0 Å². The number of carbonyl (C=O) groups excluding carboxylic acids is 2. The van der Waals surface area contributed by atoms with Crippen LogP contribution >= 0.6 is 0 Å². The lowest BCUT2D eigenvalue weighted by atomic mass is 9.90. The Labute approximate surface area is 216 Å². The monoisotopic (exact) mass is 488 g/mol. The first kappa shape index (κ1) is 26.0. The van der Waals surface area contributed by atoms with E-state index in [9.17, 15) is 9.59 Å². The number of carbonyl (C=O) groups is 2. The number of nitrogens with zero attached hydrogens (tertiary/aromatic N) is 3. The van der Waals surface area contributed by atoms with E-state index in [1.54, 1.807) is 11.9 Å². The highest BCUT2D eigenvalue weighted by molar-refractivity contribution is 6.02. The van der Waals surface area contributed by atoms with E-state index in [4.69, 9.17) is 0 Å². The maximum atomic E-state index is 12.9. The van der Waals surface area contributed by atoms with Crippen molar-refractivity contribution in [3.8, 4) is 0 Å². The number of hydrogen-bond acceptors (Lipinski definition) is 4. The van der Waals surface area contributed by atoms with Crippen LogP contribution in [-0.2, 0) is 11.2 Å². The molecule has 2 heterocycles. The predicted molar refractivity (Wildman–Crippen MR) is 148 cm³/mol. The molecular formula is C30H40N4O2. The van der Waals surface area contributed by atoms with Gasteiger partial charge in [0.1, 0.15) is 0 Å². The number of hydrogen-bond donors (Lipinski definition) is 1. The summed E-state index contributed by atoms with van der Waals surface area (Å²) in [5, 5.41) is 3.09. The molecule has 0 aromatic heterocycles. The second kappa shape index (κ2) is 12.7. The van der Waals surface area contributed by atoms with Crippen LogP contribution in [0.15, 0.2) is 61.2 Å². The van der Waals surface area contributed by atoms with Crippen LogP contribution in [0, 0.1) is 5.92 Å². The van der Waals surface area contributed by atoms with Crippen molar-refractivity contribution in [2.45, 2.75) is 38.5 Å². The van der Waals surface area contributed by atoms with Gasteiger partial charge >= 0.3 is 0 Å². The molecule has 6 nitrogen and oxygen atoms in total. The summed E-state index contributed by atoms with van der Waals surface area (Å²) in [4.78, 5) is 31.9. The van der Waals surface area contributed by atoms with Crippen LogP contribution in [0.2, 0.25) is 0 Å². The Balaban J connectivity index is 1.28. The van der Waals surface area contributed by atoms with Crippen LogP contribution in [0.25, 0.3) is 0 Å². The van der Waals surface area contributed by atoms with Gasteiger partial charge in [-0.15, -0.1) is 6.58 Å². The minimum Gasteiger partial charge on any atom is -0.369 e. The Kier molecular flexibility index (Phi) is 9.17. The third kappa shape index (κ3) is 6.76. The fraction of sp³-hybridized carbons (Fsp3) is 0.467. The smallest absolute Gasteiger partial charge is 0.251 e. The number of nitrogens with one attached hydrogen (secondary N) is 1. The third-order valence-corrected chi connectivity index (χ3v) is 7.53. The average Bonchev–Trinajstić information content (AvgIpc) is 3.02. The molecule has 0 saturated carbocycles. The van der Waals surface area contributed by atoms with E-state index in [1.807, 2.05) is 24.3 Å². The first-order valence-electron chi connectivity index (χ1n) is 13.4. The van der Waals surface area contributed by atoms with Crippen LogP contribution in [0.4, 0.5) is 11.4 Å². The zero-order valence-corrected chi connectivity index (χ0v) is 21.6. The molecule has 1 fully saturated rings. The van der Waals surface area contributed by atoms with Crippen molar-refractivity contribution < 1.29 is 9.59 Å². The van der Waals surface area contributed by atoms with Gasteiger partial charge in [0.15, 0.2) is 0 Å². The molecule has 192 valence electrons. The Hall–Kier alpha value is -3.12. The molecule has 1 saturated heterocycles. The molecule has 0 atom stereocenters. The first-order valence-corrected chi connectivity index (χ1v) is 13.4. The van der Waals surface area contributed by atoms with Crippen molar-refractivity contribution in [3.63, 3.8) is 0 Å². The largest absolute Gasteiger partial charge is 0.369 e. The molecular weight excluding hydrogens is 448 g/mol. The van der Waals surface area contributed by atoms with Gasteiger partial charge in [0, 0.05) is 45.2 Å². The standard InChI is InChI=1S/C30H40N4O2/c1-3-4-8-17-34-20-15-29(35)32(2)28-23-26(11-12-27(28)34)30(36)31-16-21-33-18-13-25(14-19-33)22-24-9-6-5-7-10-24/h3,5-7,9-12,23,25H,1,4,8,13-22H2,2H3,(H,31,36). The molecule has 2 aliphatic rings. The van der Waals surface area contributed by atoms with Crippen molar-refractivity contribution in [1.29, 1.82) is 0 Å². The van der Waals surface area contributed by atoms with Gasteiger partial charge in [0.2, 0.25) is 5.91 Å². The SMILES string of the molecule is C=CCCCN1CCC(=O)N(C)c2cc(C(=O)NCCN3CCC(Cc4ccccc4)CC3)ccc21. The predicted octanol–water partition coefficient (Wildman–Crippen LogP) is 4.51. The van der Waals surface area contributed by atoms with Gasteiger partial charge in [-0.1, -0.05) is 36.4 Å². The number of fused-ring (bicyclic) bond motifs is 1. The van der Waals surface area contributed by atoms with Crippen molar-refractivity contribution in [1.82, 2.24) is 10.2 Å². The zero-order valence-electron chi connectivity index (χ0n) is 21.6. The van der Waals surface area contributed by atoms with Crippen molar-refractivity contribution in [3.05, 3.63) is 72.3 Å². The summed E-state index contributed by atoms with van der Waals surface area (Å²) in [6, 6.07) is 16.5. The van der Waals surface area contributed by atoms with E-state index in [-0.39, 0.29) is 11.8 Å². The molecule has 4 rings (SSSR count). The number of anilines is 2. The summed E-state index contributed by atoms with van der Waals surface area (Å²) < 4.78 is 0. The molecule has 1 N–H and O–H groups in total. The molecule has 0 aliphatic carbocycles. The highest BCUT2D eigenvalue weighted by Crippen LogP contribution is 2.33. The first-order chi connectivity index (χ1) is 17.5. The van der Waals surface area contributed by atoms with E-state index >= 15 is 0 Å². The van der Waals surface area contributed by atoms with Crippen molar-refractivity contribution >= 4 is 23.2 Å². The minimum atomic E-state index is -0.0833. The highest BCUT2D eigenvalue weighted by Gasteiger charge is 2.25. The van der Waals surface area contributed by atoms with Crippen LogP contribution in [0.3, 0.4) is 0 Å². The van der Waals surface area contributed by atoms with Crippen molar-refractivity contribution in [2.75, 3.05) is 56.1 Å². The molecule has 2 aromatic carbocycles. The summed E-state index contributed by atoms with van der Waals surface area (Å²) in [5.74, 6) is 0.740. The lowest BCUT2D eigenvalue weighted by molar-refractivity contribution is -0.118. The van der Waals surface area contributed by atoms with E-state index in [1.165, 1.54) is 18.4 Å². The number of unbranched alkanes of at least 4 members (excludes halogenated alkanes) is 1. The molecule has 0 bridgehead atoms. The second-order valence-electron chi connectivity index (χ2n) is 10.1. The van der Waals surface area contributed by atoms with E-state index in [0.717, 1.165) is 62.7 Å². The Morgan fingerprint density at radius 2 is 1.83 bits per heavy atom. The number of benzene rings is 2. The van der Waals surface area contributed by atoms with E-state index in [2.05, 4.69) is 52.0 Å². The van der Waals surface area contributed by atoms with E-state index in [0.29, 0.717) is 25.1 Å². The number of allylic oxidation sites excluding steroid dienone is 1. The van der Waals surface area contributed by atoms with Gasteiger partial charge < -0.3 is 20.0 Å². The Morgan fingerprint density at radius 3 is 2.58 bits per heavy atom. The summed E-state index contributed by atoms with van der Waals surface area (Å²) in [6.07, 6.45) is 7.91. The van der Waals surface area contributed by atoms with Gasteiger partial charge in [0.25, 0.3) is 5.91 Å². The summed E-state index contributed by atoms with van der Waals surface area (Å²) in [7, 11) is 1.80. The minimum absolute atomic E-state index is 0.0793. The molecule has 6 heteroatoms. The fourth-order valence-electron chi connectivity index (χ4n) is 5.30. The molecule has 0 spiro atoms. The maximum Gasteiger partial charge on any atom is 0.251 e. The number of amides is 2. The van der Waals surface area contributed by atoms with Crippen LogP contribution in [-0.4, -0.2) is 63.0 Å². The molecule has 0 radical (unpaired) electrons. The zero-order chi connectivity index (χ0) is 25.3. The lowest BCUT2D eigenvalue weighted by Crippen LogP contribution is -2.40. The summed E-state index contributed by atoms with van der Waals surface area (Å²) >= 11 is 0. The van der Waals surface area contributed by atoms with Gasteiger partial charge in [0.05, 0.1) is 11.4 Å². The van der Waals surface area contributed by atoms with E-state index < -0.39 is 0 Å². The van der Waals surface area contributed by atoms with Crippen LogP contribution in [0.1, 0.15) is 48.0 Å². The number of likely N-dealkylation sites (tertiary alicyclic amines) is 1. The fourth-order valence-corrected chi connectivity index (χ4v) is 5.30. The molecule has 0 unspecified atom stereocenters. The topological polar surface area (TPSA) is 55.9 Å². The quantitative estimate of drug-likeness (QED) is 0.395. The highest BCUT2D eigenvalue weighted by atomic mass is 16.2. The molecule has 2 amide bonds. The van der Waals surface area contributed by atoms with Crippen LogP contribution in [0.5, 0.6) is 0 Å². The van der Waals surface area contributed by atoms with Crippen molar-refractivity contribution in [2.24, 2.45) is 5.92 Å². The van der Waals surface area contributed by atoms with Gasteiger partial charge in [-0.3, -0.25) is 9.59 Å². The lowest BCUT2D eigenvalue weighted by Gasteiger charge is -2.32. The Morgan fingerprint density at radius 1 is 1.06 bits per heavy atom. The third-order valence-electron chi connectivity index (χ3n) is 7.53. The molecule has 2 aromatic rings.